The lowest BCUT2D eigenvalue weighted by molar-refractivity contribution is -0.135. The number of esters is 1. The molecule has 0 unspecified atom stereocenters. The quantitative estimate of drug-likeness (QED) is 0.683. The third-order valence-corrected chi connectivity index (χ3v) is 5.73. The molecule has 0 radical (unpaired) electrons. The minimum Gasteiger partial charge on any atom is -0.495 e. The summed E-state index contributed by atoms with van der Waals surface area (Å²) >= 11 is 6.16. The van der Waals surface area contributed by atoms with Crippen molar-refractivity contribution in [3.63, 3.8) is 0 Å². The second-order valence-electron chi connectivity index (χ2n) is 7.58. The average Bonchev–Trinajstić information content (AvgIpc) is 3.00. The Kier molecular flexibility index (Phi) is 6.52. The Labute approximate surface area is 176 Å². The number of aromatic nitrogens is 1. The van der Waals surface area contributed by atoms with Crippen molar-refractivity contribution in [2.24, 2.45) is 5.92 Å². The molecule has 156 valence electrons. The van der Waals surface area contributed by atoms with E-state index in [4.69, 9.17) is 21.1 Å². The SMILES string of the molecule is COc1ccc(Cl)cc1-n1c(C)cc(C(=O)OCC(=O)N2CCC(C)CC2)c1C. The zero-order valence-electron chi connectivity index (χ0n) is 17.3. The van der Waals surface area contributed by atoms with E-state index in [2.05, 4.69) is 6.92 Å². The van der Waals surface area contributed by atoms with E-state index in [0.717, 1.165) is 37.3 Å². The van der Waals surface area contributed by atoms with Gasteiger partial charge < -0.3 is 18.9 Å². The van der Waals surface area contributed by atoms with Gasteiger partial charge in [-0.2, -0.15) is 0 Å². The number of hydrogen-bond acceptors (Lipinski definition) is 4. The highest BCUT2D eigenvalue weighted by molar-refractivity contribution is 6.30. The van der Waals surface area contributed by atoms with Crippen molar-refractivity contribution < 1.29 is 19.1 Å². The lowest BCUT2D eigenvalue weighted by Crippen LogP contribution is -2.40. The Morgan fingerprint density at radius 3 is 2.52 bits per heavy atom. The topological polar surface area (TPSA) is 60.8 Å². The van der Waals surface area contributed by atoms with Crippen molar-refractivity contribution in [2.45, 2.75) is 33.6 Å². The minimum absolute atomic E-state index is 0.143. The second kappa shape index (κ2) is 8.91. The first-order chi connectivity index (χ1) is 13.8. The molecule has 1 saturated heterocycles. The van der Waals surface area contributed by atoms with Gasteiger partial charge in [0.15, 0.2) is 6.61 Å². The van der Waals surface area contributed by atoms with Crippen molar-refractivity contribution in [2.75, 3.05) is 26.8 Å². The third kappa shape index (κ3) is 4.58. The predicted octanol–water partition coefficient (Wildman–Crippen LogP) is 4.17. The van der Waals surface area contributed by atoms with E-state index in [0.29, 0.717) is 27.9 Å². The van der Waals surface area contributed by atoms with Crippen LogP contribution in [-0.4, -0.2) is 48.1 Å². The van der Waals surface area contributed by atoms with Gasteiger partial charge in [0.25, 0.3) is 5.91 Å². The summed E-state index contributed by atoms with van der Waals surface area (Å²) in [6.45, 7) is 7.12. The maximum atomic E-state index is 12.7. The van der Waals surface area contributed by atoms with Gasteiger partial charge in [-0.15, -0.1) is 0 Å². The van der Waals surface area contributed by atoms with Gasteiger partial charge in [0.05, 0.1) is 18.4 Å². The second-order valence-corrected chi connectivity index (χ2v) is 8.01. The summed E-state index contributed by atoms with van der Waals surface area (Å²) in [6, 6.07) is 7.08. The number of benzene rings is 1. The molecule has 1 amide bonds. The van der Waals surface area contributed by atoms with E-state index >= 15 is 0 Å². The molecule has 0 atom stereocenters. The van der Waals surface area contributed by atoms with Crippen molar-refractivity contribution in [1.29, 1.82) is 0 Å². The van der Waals surface area contributed by atoms with Crippen molar-refractivity contribution in [3.8, 4) is 11.4 Å². The first kappa shape index (κ1) is 21.2. The highest BCUT2D eigenvalue weighted by Crippen LogP contribution is 2.31. The number of methoxy groups -OCH3 is 1. The Morgan fingerprint density at radius 1 is 1.17 bits per heavy atom. The number of carbonyl (C=O) groups is 2. The van der Waals surface area contributed by atoms with Crippen LogP contribution in [0.15, 0.2) is 24.3 Å². The molecule has 0 spiro atoms. The molecule has 6 nitrogen and oxygen atoms in total. The lowest BCUT2D eigenvalue weighted by atomic mass is 9.99. The normalized spacial score (nSPS) is 14.7. The molecule has 1 aliphatic rings. The number of hydrogen-bond donors (Lipinski definition) is 0. The van der Waals surface area contributed by atoms with Crippen molar-refractivity contribution in [3.05, 3.63) is 46.2 Å². The smallest absolute Gasteiger partial charge is 0.340 e. The van der Waals surface area contributed by atoms with Crippen LogP contribution in [-0.2, 0) is 9.53 Å². The minimum atomic E-state index is -0.510. The van der Waals surface area contributed by atoms with Crippen LogP contribution in [0.1, 0.15) is 41.5 Å². The maximum Gasteiger partial charge on any atom is 0.340 e. The molecule has 29 heavy (non-hydrogen) atoms. The molecule has 3 rings (SSSR count). The van der Waals surface area contributed by atoms with Gasteiger partial charge in [-0.05, 0) is 56.9 Å². The zero-order chi connectivity index (χ0) is 21.1. The number of likely N-dealkylation sites (tertiary alicyclic amines) is 1. The molecule has 2 aromatic rings. The summed E-state index contributed by atoms with van der Waals surface area (Å²) in [5.41, 5.74) is 2.70. The number of rotatable bonds is 5. The number of halogens is 1. The van der Waals surface area contributed by atoms with E-state index in [1.54, 1.807) is 36.3 Å². The fraction of sp³-hybridized carbons (Fsp3) is 0.455. The van der Waals surface area contributed by atoms with Gasteiger partial charge in [0, 0.05) is 29.5 Å². The molecule has 0 saturated carbocycles. The number of ether oxygens (including phenoxy) is 2. The maximum absolute atomic E-state index is 12.7. The van der Waals surface area contributed by atoms with Crippen LogP contribution in [0.5, 0.6) is 5.75 Å². The standard InChI is InChI=1S/C22H27ClN2O4/c1-14-7-9-24(10-8-14)21(26)13-29-22(27)18-11-15(2)25(16(18)3)19-12-17(23)5-6-20(19)28-4/h5-6,11-12,14H,7-10,13H2,1-4H3. The molecule has 1 aliphatic heterocycles. The first-order valence-electron chi connectivity index (χ1n) is 9.79. The van der Waals surface area contributed by atoms with Gasteiger partial charge in [0.1, 0.15) is 5.75 Å². The van der Waals surface area contributed by atoms with E-state index in [-0.39, 0.29) is 12.5 Å². The van der Waals surface area contributed by atoms with Gasteiger partial charge >= 0.3 is 5.97 Å². The van der Waals surface area contributed by atoms with Crippen molar-refractivity contribution in [1.82, 2.24) is 9.47 Å². The summed E-state index contributed by atoms with van der Waals surface area (Å²) < 4.78 is 12.7. The molecule has 0 aliphatic carbocycles. The predicted molar refractivity (Wildman–Crippen MR) is 112 cm³/mol. The fourth-order valence-electron chi connectivity index (χ4n) is 3.73. The van der Waals surface area contributed by atoms with Crippen LogP contribution in [0.4, 0.5) is 0 Å². The van der Waals surface area contributed by atoms with Crippen LogP contribution in [0.2, 0.25) is 5.02 Å². The average molecular weight is 419 g/mol. The van der Waals surface area contributed by atoms with Crippen molar-refractivity contribution >= 4 is 23.5 Å². The Bertz CT molecular complexity index is 914. The first-order valence-corrected chi connectivity index (χ1v) is 10.2. The van der Waals surface area contributed by atoms with Crippen LogP contribution in [0.25, 0.3) is 5.69 Å². The van der Waals surface area contributed by atoms with Crippen LogP contribution < -0.4 is 4.74 Å². The number of carbonyl (C=O) groups excluding carboxylic acids is 2. The van der Waals surface area contributed by atoms with Gasteiger partial charge in [-0.25, -0.2) is 4.79 Å². The molecule has 1 aromatic carbocycles. The number of amides is 1. The molecule has 1 aromatic heterocycles. The highest BCUT2D eigenvalue weighted by atomic mass is 35.5. The summed E-state index contributed by atoms with van der Waals surface area (Å²) in [4.78, 5) is 26.8. The van der Waals surface area contributed by atoms with Crippen LogP contribution >= 0.6 is 11.6 Å². The summed E-state index contributed by atoms with van der Waals surface area (Å²) in [5.74, 6) is 0.626. The highest BCUT2D eigenvalue weighted by Gasteiger charge is 2.24. The molecular formula is C22H27ClN2O4. The van der Waals surface area contributed by atoms with Gasteiger partial charge in [-0.3, -0.25) is 4.79 Å². The summed E-state index contributed by atoms with van der Waals surface area (Å²) in [7, 11) is 1.59. The van der Waals surface area contributed by atoms with Gasteiger partial charge in [-0.1, -0.05) is 18.5 Å². The molecule has 0 N–H and O–H groups in total. The number of aryl methyl sites for hydroxylation is 1. The third-order valence-electron chi connectivity index (χ3n) is 5.50. The van der Waals surface area contributed by atoms with E-state index in [1.165, 1.54) is 0 Å². The molecule has 7 heteroatoms. The Hall–Kier alpha value is -2.47. The Morgan fingerprint density at radius 2 is 1.86 bits per heavy atom. The number of nitrogens with zero attached hydrogens (tertiary/aromatic N) is 2. The summed E-state index contributed by atoms with van der Waals surface area (Å²) in [6.07, 6.45) is 1.98. The molecule has 1 fully saturated rings. The molecule has 0 bridgehead atoms. The molecule has 2 heterocycles. The van der Waals surface area contributed by atoms with E-state index < -0.39 is 5.97 Å². The van der Waals surface area contributed by atoms with E-state index in [1.807, 2.05) is 18.4 Å². The molecular weight excluding hydrogens is 392 g/mol. The lowest BCUT2D eigenvalue weighted by Gasteiger charge is -2.30. The van der Waals surface area contributed by atoms with Crippen LogP contribution in [0, 0.1) is 19.8 Å². The largest absolute Gasteiger partial charge is 0.495 e. The zero-order valence-corrected chi connectivity index (χ0v) is 18.1. The fourth-order valence-corrected chi connectivity index (χ4v) is 3.90. The Balaban J connectivity index is 1.75. The number of piperidine rings is 1. The van der Waals surface area contributed by atoms with Gasteiger partial charge in [0.2, 0.25) is 0 Å². The monoisotopic (exact) mass is 418 g/mol. The van der Waals surface area contributed by atoms with E-state index in [9.17, 15) is 9.59 Å². The van der Waals surface area contributed by atoms with Crippen LogP contribution in [0.3, 0.4) is 0 Å². The summed E-state index contributed by atoms with van der Waals surface area (Å²) in [5, 5.41) is 0.568.